The zero-order valence-electron chi connectivity index (χ0n) is 22.6. The van der Waals surface area contributed by atoms with Gasteiger partial charge in [0.15, 0.2) is 0 Å². The monoisotopic (exact) mass is 559 g/mol. The van der Waals surface area contributed by atoms with Crippen molar-refractivity contribution in [1.29, 1.82) is 0 Å². The van der Waals surface area contributed by atoms with Crippen molar-refractivity contribution in [3.63, 3.8) is 0 Å². The quantitative estimate of drug-likeness (QED) is 0.463. The Morgan fingerprint density at radius 2 is 1.97 bits per heavy atom. The van der Waals surface area contributed by atoms with Crippen LogP contribution in [0.25, 0.3) is 6.08 Å². The molecule has 2 aliphatic rings. The molecule has 0 aliphatic carbocycles. The first-order valence-electron chi connectivity index (χ1n) is 13.0. The van der Waals surface area contributed by atoms with Gasteiger partial charge in [0, 0.05) is 26.0 Å². The van der Waals surface area contributed by atoms with Crippen LogP contribution < -0.4 is 9.62 Å². The molecule has 210 valence electrons. The molecule has 2 aromatic rings. The van der Waals surface area contributed by atoms with Crippen molar-refractivity contribution in [2.24, 2.45) is 0 Å². The van der Waals surface area contributed by atoms with Gasteiger partial charge >= 0.3 is 5.97 Å². The van der Waals surface area contributed by atoms with Crippen LogP contribution in [0.15, 0.2) is 41.3 Å². The first kappa shape index (κ1) is 28.7. The van der Waals surface area contributed by atoms with E-state index >= 15 is 0 Å². The highest BCUT2D eigenvalue weighted by Gasteiger charge is 2.42. The number of carbonyl (C=O) groups excluding carboxylic acids is 2. The van der Waals surface area contributed by atoms with Crippen LogP contribution in [0, 0.1) is 5.82 Å². The minimum Gasteiger partial charge on any atom is -0.465 e. The van der Waals surface area contributed by atoms with E-state index in [9.17, 15) is 22.4 Å². The van der Waals surface area contributed by atoms with Crippen molar-refractivity contribution in [2.45, 2.75) is 44.1 Å². The number of anilines is 2. The Hall–Kier alpha value is -3.28. The summed E-state index contributed by atoms with van der Waals surface area (Å²) < 4.78 is 54.8. The second-order valence-corrected chi connectivity index (χ2v) is 11.2. The topological polar surface area (TPSA) is 105 Å². The van der Waals surface area contributed by atoms with Gasteiger partial charge in [0.05, 0.1) is 36.0 Å². The van der Waals surface area contributed by atoms with Gasteiger partial charge in [-0.15, -0.1) is 0 Å². The average Bonchev–Trinajstić information content (AvgIpc) is 3.38. The number of hydrogen-bond donors (Lipinski definition) is 1. The average molecular weight is 560 g/mol. The van der Waals surface area contributed by atoms with Gasteiger partial charge in [-0.05, 0) is 54.9 Å². The van der Waals surface area contributed by atoms with E-state index in [1.807, 2.05) is 13.8 Å². The van der Waals surface area contributed by atoms with E-state index in [4.69, 9.17) is 9.47 Å². The lowest BCUT2D eigenvalue weighted by Gasteiger charge is -2.37. The second kappa shape index (κ2) is 11.8. The summed E-state index contributed by atoms with van der Waals surface area (Å²) in [7, 11) is -3.09. The van der Waals surface area contributed by atoms with Crippen molar-refractivity contribution in [3.8, 4) is 0 Å². The number of fused-ring (bicyclic) bond motifs is 3. The highest BCUT2D eigenvalue weighted by Crippen LogP contribution is 2.46. The molecular weight excluding hydrogens is 525 g/mol. The number of amides is 1. The summed E-state index contributed by atoms with van der Waals surface area (Å²) in [5.74, 6) is -1.71. The molecule has 1 amide bonds. The largest absolute Gasteiger partial charge is 0.465 e. The maximum Gasteiger partial charge on any atom is 0.342 e. The maximum absolute atomic E-state index is 14.1. The van der Waals surface area contributed by atoms with E-state index in [2.05, 4.69) is 9.62 Å². The van der Waals surface area contributed by atoms with Crippen molar-refractivity contribution in [2.75, 3.05) is 49.5 Å². The summed E-state index contributed by atoms with van der Waals surface area (Å²) in [6.07, 6.45) is 3.86. The molecule has 2 atom stereocenters. The number of ether oxygens (including phenoxy) is 2. The molecule has 39 heavy (non-hydrogen) atoms. The molecule has 2 heterocycles. The van der Waals surface area contributed by atoms with Gasteiger partial charge in [0.2, 0.25) is 5.91 Å². The number of halogens is 1. The Bertz CT molecular complexity index is 1390. The Kier molecular flexibility index (Phi) is 8.73. The molecular formula is C28H34FN3O6S. The number of nitrogens with one attached hydrogen (secondary N) is 1. The molecule has 11 heteroatoms. The van der Waals surface area contributed by atoms with Crippen LogP contribution in [0.1, 0.15) is 54.6 Å². The van der Waals surface area contributed by atoms with Gasteiger partial charge in [-0.2, -0.15) is 0 Å². The molecule has 1 fully saturated rings. The van der Waals surface area contributed by atoms with Gasteiger partial charge in [0.1, 0.15) is 11.4 Å². The molecule has 0 aromatic heterocycles. The van der Waals surface area contributed by atoms with Crippen LogP contribution in [0.3, 0.4) is 0 Å². The maximum atomic E-state index is 14.1. The molecule has 0 radical (unpaired) electrons. The molecule has 1 saturated heterocycles. The number of likely N-dealkylation sites (N-methyl/N-ethyl adjacent to an activating group) is 1. The minimum atomic E-state index is -4.29. The standard InChI is InChI=1S/C28H34FN3O6S/c1-5-31(6-2)14-7-8-19-16-20(29)9-12-25(19)39(35,36)30-23-11-10-22-21-13-15-38-24(21)17-32(18(3)33)27(22)26(23)28(34)37-4/h7-12,16,21,24,30H,5-6,13-15,17H2,1-4H3/t21-,24+/m0/s1. The number of hydrogen-bond acceptors (Lipinski definition) is 7. The van der Waals surface area contributed by atoms with Crippen molar-refractivity contribution in [1.82, 2.24) is 4.90 Å². The van der Waals surface area contributed by atoms with Crippen LogP contribution in [-0.4, -0.2) is 71.2 Å². The highest BCUT2D eigenvalue weighted by molar-refractivity contribution is 7.92. The molecule has 0 saturated carbocycles. The van der Waals surface area contributed by atoms with Gasteiger partial charge in [-0.1, -0.05) is 32.1 Å². The minimum absolute atomic E-state index is 0.0355. The number of carbonyl (C=O) groups is 2. The fourth-order valence-electron chi connectivity index (χ4n) is 5.24. The van der Waals surface area contributed by atoms with Crippen molar-refractivity contribution >= 4 is 39.4 Å². The fourth-order valence-corrected chi connectivity index (χ4v) is 6.49. The number of benzene rings is 2. The third-order valence-corrected chi connectivity index (χ3v) is 8.72. The SMILES string of the molecule is CCN(CC)CC=Cc1cc(F)ccc1S(=O)(=O)Nc1ccc2c(c1C(=O)OC)N(C(C)=O)C[C@H]1OCC[C@@H]21. The number of nitrogens with zero attached hydrogens (tertiary/aromatic N) is 2. The first-order valence-corrected chi connectivity index (χ1v) is 14.5. The summed E-state index contributed by atoms with van der Waals surface area (Å²) in [6.45, 7) is 8.39. The summed E-state index contributed by atoms with van der Waals surface area (Å²) in [5.41, 5.74) is 1.12. The van der Waals surface area contributed by atoms with E-state index in [1.54, 1.807) is 18.2 Å². The third-order valence-electron chi connectivity index (χ3n) is 7.28. The smallest absolute Gasteiger partial charge is 0.342 e. The Morgan fingerprint density at radius 3 is 2.64 bits per heavy atom. The van der Waals surface area contributed by atoms with E-state index in [0.717, 1.165) is 30.8 Å². The number of methoxy groups -OCH3 is 1. The van der Waals surface area contributed by atoms with Gasteiger partial charge in [-0.3, -0.25) is 9.52 Å². The zero-order chi connectivity index (χ0) is 28.3. The number of rotatable bonds is 9. The molecule has 1 N–H and O–H groups in total. The lowest BCUT2D eigenvalue weighted by molar-refractivity contribution is -0.117. The van der Waals surface area contributed by atoms with E-state index in [0.29, 0.717) is 25.3 Å². The predicted molar refractivity (Wildman–Crippen MR) is 147 cm³/mol. The van der Waals surface area contributed by atoms with Gasteiger partial charge < -0.3 is 19.3 Å². The summed E-state index contributed by atoms with van der Waals surface area (Å²) in [6, 6.07) is 6.63. The molecule has 9 nitrogen and oxygen atoms in total. The number of sulfonamides is 1. The van der Waals surface area contributed by atoms with Crippen LogP contribution in [0.5, 0.6) is 0 Å². The van der Waals surface area contributed by atoms with Crippen LogP contribution >= 0.6 is 0 Å². The predicted octanol–water partition coefficient (Wildman–Crippen LogP) is 4.01. The molecule has 0 spiro atoms. The summed E-state index contributed by atoms with van der Waals surface area (Å²) in [5, 5.41) is 0. The first-order chi connectivity index (χ1) is 18.6. The van der Waals surface area contributed by atoms with Crippen molar-refractivity contribution < 1.29 is 31.9 Å². The normalized spacial score (nSPS) is 18.8. The Balaban J connectivity index is 1.78. The highest BCUT2D eigenvalue weighted by atomic mass is 32.2. The molecule has 4 rings (SSSR count). The molecule has 0 unspecified atom stereocenters. The summed E-state index contributed by atoms with van der Waals surface area (Å²) >= 11 is 0. The van der Waals surface area contributed by atoms with E-state index < -0.39 is 21.8 Å². The second-order valence-electron chi connectivity index (χ2n) is 9.53. The van der Waals surface area contributed by atoms with E-state index in [-0.39, 0.29) is 46.2 Å². The lowest BCUT2D eigenvalue weighted by Crippen LogP contribution is -2.43. The van der Waals surface area contributed by atoms with Gasteiger partial charge in [-0.25, -0.2) is 17.6 Å². The number of esters is 1. The lowest BCUT2D eigenvalue weighted by atomic mass is 9.85. The Morgan fingerprint density at radius 1 is 1.23 bits per heavy atom. The third kappa shape index (κ3) is 5.85. The molecule has 2 aromatic carbocycles. The summed E-state index contributed by atoms with van der Waals surface area (Å²) in [4.78, 5) is 29.1. The van der Waals surface area contributed by atoms with Crippen LogP contribution in [-0.2, 0) is 24.3 Å². The van der Waals surface area contributed by atoms with Crippen LogP contribution in [0.4, 0.5) is 15.8 Å². The molecule has 0 bridgehead atoms. The van der Waals surface area contributed by atoms with E-state index in [1.165, 1.54) is 31.1 Å². The Labute approximate surface area is 228 Å². The fraction of sp³-hybridized carbons (Fsp3) is 0.429. The van der Waals surface area contributed by atoms with Crippen molar-refractivity contribution in [3.05, 3.63) is 58.9 Å². The van der Waals surface area contributed by atoms with Gasteiger partial charge in [0.25, 0.3) is 10.0 Å². The van der Waals surface area contributed by atoms with Crippen LogP contribution in [0.2, 0.25) is 0 Å². The zero-order valence-corrected chi connectivity index (χ0v) is 23.4. The molecule has 2 aliphatic heterocycles.